The van der Waals surface area contributed by atoms with Gasteiger partial charge in [0.2, 0.25) is 0 Å². The molecule has 29 heavy (non-hydrogen) atoms. The summed E-state index contributed by atoms with van der Waals surface area (Å²) < 4.78 is 40.9. The molecule has 0 aromatic carbocycles. The van der Waals surface area contributed by atoms with Gasteiger partial charge in [0.25, 0.3) is 0 Å². The van der Waals surface area contributed by atoms with Crippen LogP contribution in [0.15, 0.2) is 24.4 Å². The number of anilines is 2. The first-order valence-corrected chi connectivity index (χ1v) is 9.37. The van der Waals surface area contributed by atoms with Gasteiger partial charge in [0.15, 0.2) is 0 Å². The average Bonchev–Trinajstić information content (AvgIpc) is 2.66. The number of pyridine rings is 2. The molecule has 1 fully saturated rings. The number of piperazine rings is 1. The van der Waals surface area contributed by atoms with Crippen molar-refractivity contribution in [3.05, 3.63) is 35.5 Å². The lowest BCUT2D eigenvalue weighted by Crippen LogP contribution is -2.49. The third kappa shape index (κ3) is 3.84. The molecular formula is C19H21F3N6O. The van der Waals surface area contributed by atoms with Gasteiger partial charge in [-0.05, 0) is 32.0 Å². The Morgan fingerprint density at radius 3 is 2.76 bits per heavy atom. The number of nitrogens with one attached hydrogen (secondary N) is 3. The van der Waals surface area contributed by atoms with E-state index >= 15 is 0 Å². The molecule has 0 bridgehead atoms. The second-order valence-corrected chi connectivity index (χ2v) is 7.34. The molecule has 2 aliphatic rings. The summed E-state index contributed by atoms with van der Waals surface area (Å²) in [5, 5.41) is 8.59. The Balaban J connectivity index is 1.85. The number of aromatic nitrogens is 2. The Bertz CT molecular complexity index is 948. The second kappa shape index (κ2) is 7.18. The number of alkyl halides is 3. The largest absolute Gasteiger partial charge is 0.416 e. The number of urea groups is 1. The van der Waals surface area contributed by atoms with Gasteiger partial charge in [-0.1, -0.05) is 0 Å². The van der Waals surface area contributed by atoms with Crippen molar-refractivity contribution < 1.29 is 18.0 Å². The molecule has 7 nitrogen and oxygen atoms in total. The quantitative estimate of drug-likeness (QED) is 0.714. The lowest BCUT2D eigenvalue weighted by atomic mass is 9.97. The molecule has 1 saturated heterocycles. The molecule has 0 unspecified atom stereocenters. The van der Waals surface area contributed by atoms with Crippen molar-refractivity contribution in [2.45, 2.75) is 32.1 Å². The van der Waals surface area contributed by atoms with Gasteiger partial charge in [-0.15, -0.1) is 0 Å². The van der Waals surface area contributed by atoms with E-state index in [-0.39, 0.29) is 17.6 Å². The summed E-state index contributed by atoms with van der Waals surface area (Å²) in [4.78, 5) is 22.3. The Hall–Kier alpha value is -2.88. The predicted molar refractivity (Wildman–Crippen MR) is 103 cm³/mol. The number of amides is 2. The minimum atomic E-state index is -4.50. The van der Waals surface area contributed by atoms with Crippen molar-refractivity contribution in [1.82, 2.24) is 20.6 Å². The number of carbonyl (C=O) groups excluding carboxylic acids is 1. The number of carbonyl (C=O) groups is 1. The van der Waals surface area contributed by atoms with E-state index in [9.17, 15) is 18.0 Å². The lowest BCUT2D eigenvalue weighted by molar-refractivity contribution is -0.137. The van der Waals surface area contributed by atoms with E-state index in [1.807, 2.05) is 11.8 Å². The van der Waals surface area contributed by atoms with Crippen LogP contribution in [0.4, 0.5) is 29.6 Å². The van der Waals surface area contributed by atoms with Crippen LogP contribution in [-0.2, 0) is 6.18 Å². The van der Waals surface area contributed by atoms with Crippen LogP contribution in [0.3, 0.4) is 0 Å². The molecule has 2 aromatic heterocycles. The van der Waals surface area contributed by atoms with E-state index in [4.69, 9.17) is 0 Å². The zero-order valence-corrected chi connectivity index (χ0v) is 16.0. The van der Waals surface area contributed by atoms with Gasteiger partial charge in [0.05, 0.1) is 17.3 Å². The number of hydrogen-bond donors (Lipinski definition) is 3. The molecule has 2 aromatic rings. The summed E-state index contributed by atoms with van der Waals surface area (Å²) in [6.07, 6.45) is -3.04. The van der Waals surface area contributed by atoms with Gasteiger partial charge in [-0.25, -0.2) is 14.8 Å². The zero-order valence-electron chi connectivity index (χ0n) is 16.0. The molecular weight excluding hydrogens is 385 g/mol. The van der Waals surface area contributed by atoms with Crippen LogP contribution < -0.4 is 20.9 Å². The molecule has 0 aliphatic carbocycles. The molecule has 0 radical (unpaired) electrons. The van der Waals surface area contributed by atoms with E-state index in [1.54, 1.807) is 13.0 Å². The minimum Gasteiger partial charge on any atom is -0.354 e. The Kier molecular flexibility index (Phi) is 4.81. The molecule has 2 amide bonds. The van der Waals surface area contributed by atoms with Gasteiger partial charge in [0.1, 0.15) is 11.6 Å². The maximum absolute atomic E-state index is 13.6. The first-order valence-electron chi connectivity index (χ1n) is 9.37. The van der Waals surface area contributed by atoms with Crippen LogP contribution in [0.5, 0.6) is 0 Å². The molecule has 154 valence electrons. The van der Waals surface area contributed by atoms with E-state index in [2.05, 4.69) is 25.9 Å². The van der Waals surface area contributed by atoms with Crippen LogP contribution in [0.1, 0.15) is 31.0 Å². The monoisotopic (exact) mass is 406 g/mol. The zero-order chi connectivity index (χ0) is 20.8. The minimum absolute atomic E-state index is 0.150. The van der Waals surface area contributed by atoms with Gasteiger partial charge in [-0.3, -0.25) is 5.32 Å². The fourth-order valence-corrected chi connectivity index (χ4v) is 3.77. The summed E-state index contributed by atoms with van der Waals surface area (Å²) in [6.45, 7) is 5.55. The van der Waals surface area contributed by atoms with E-state index in [1.165, 1.54) is 6.20 Å². The van der Waals surface area contributed by atoms with Crippen molar-refractivity contribution in [1.29, 1.82) is 0 Å². The molecule has 4 rings (SSSR count). The third-order valence-corrected chi connectivity index (χ3v) is 5.11. The van der Waals surface area contributed by atoms with Crippen LogP contribution in [-0.4, -0.2) is 41.7 Å². The first kappa shape index (κ1) is 19.4. The topological polar surface area (TPSA) is 82.2 Å². The number of fused-ring (bicyclic) bond motifs is 1. The van der Waals surface area contributed by atoms with Crippen molar-refractivity contribution in [3.63, 3.8) is 0 Å². The molecule has 10 heteroatoms. The van der Waals surface area contributed by atoms with Gasteiger partial charge in [0, 0.05) is 43.0 Å². The summed E-state index contributed by atoms with van der Waals surface area (Å²) in [7, 11) is 0. The average molecular weight is 406 g/mol. The van der Waals surface area contributed by atoms with Gasteiger partial charge < -0.3 is 15.5 Å². The van der Waals surface area contributed by atoms with Crippen molar-refractivity contribution in [2.75, 3.05) is 29.9 Å². The Morgan fingerprint density at radius 2 is 2.03 bits per heavy atom. The normalized spacial score (nSPS) is 22.0. The van der Waals surface area contributed by atoms with Crippen molar-refractivity contribution in [3.8, 4) is 11.3 Å². The highest BCUT2D eigenvalue weighted by molar-refractivity contribution is 5.93. The standard InChI is InChI=1S/C19H21F3N6O/c1-10-9-28(6-5-23-10)15-8-12(19(20,21)22)7-14(26-15)13-3-4-24-17-16(13)11(2)25-18(29)27-17/h3-4,7-8,10-11,23H,5-6,9H2,1-2H3,(H2,24,25,27,29)/t10-,11-/m0/s1. The number of halogens is 3. The molecule has 4 heterocycles. The Labute approximate surface area is 165 Å². The molecule has 0 saturated carbocycles. The summed E-state index contributed by atoms with van der Waals surface area (Å²) in [5.41, 5.74) is 0.559. The Morgan fingerprint density at radius 1 is 1.24 bits per heavy atom. The van der Waals surface area contributed by atoms with Gasteiger partial charge >= 0.3 is 12.2 Å². The van der Waals surface area contributed by atoms with E-state index < -0.39 is 23.8 Å². The van der Waals surface area contributed by atoms with Crippen LogP contribution in [0, 0.1) is 0 Å². The highest BCUT2D eigenvalue weighted by atomic mass is 19.4. The van der Waals surface area contributed by atoms with E-state index in [0.717, 1.165) is 12.1 Å². The SMILES string of the molecule is C[C@@H]1NC(=O)Nc2nccc(-c3cc(C(F)(F)F)cc(N4CCN[C@@H](C)C4)n3)c21. The maximum Gasteiger partial charge on any atom is 0.416 e. The lowest BCUT2D eigenvalue weighted by Gasteiger charge is -2.33. The smallest absolute Gasteiger partial charge is 0.354 e. The first-order chi connectivity index (χ1) is 13.7. The van der Waals surface area contributed by atoms with Crippen molar-refractivity contribution >= 4 is 17.7 Å². The number of nitrogens with zero attached hydrogens (tertiary/aromatic N) is 3. The molecule has 3 N–H and O–H groups in total. The summed E-state index contributed by atoms with van der Waals surface area (Å²) in [5.74, 6) is 0.615. The fraction of sp³-hybridized carbons (Fsp3) is 0.421. The fourth-order valence-electron chi connectivity index (χ4n) is 3.77. The molecule has 2 aliphatic heterocycles. The molecule has 0 spiro atoms. The highest BCUT2D eigenvalue weighted by Gasteiger charge is 2.34. The second-order valence-electron chi connectivity index (χ2n) is 7.34. The number of hydrogen-bond acceptors (Lipinski definition) is 5. The van der Waals surface area contributed by atoms with Crippen molar-refractivity contribution in [2.24, 2.45) is 0 Å². The van der Waals surface area contributed by atoms with Gasteiger partial charge in [-0.2, -0.15) is 13.2 Å². The van der Waals surface area contributed by atoms with Crippen LogP contribution in [0.2, 0.25) is 0 Å². The predicted octanol–water partition coefficient (Wildman–Crippen LogP) is 3.16. The summed E-state index contributed by atoms with van der Waals surface area (Å²) >= 11 is 0. The van der Waals surface area contributed by atoms with E-state index in [0.29, 0.717) is 36.6 Å². The molecule has 2 atom stereocenters. The van der Waals surface area contributed by atoms with Crippen LogP contribution >= 0.6 is 0 Å². The maximum atomic E-state index is 13.6. The third-order valence-electron chi connectivity index (χ3n) is 5.11. The number of rotatable bonds is 2. The highest BCUT2D eigenvalue weighted by Crippen LogP contribution is 2.38. The van der Waals surface area contributed by atoms with Crippen LogP contribution in [0.25, 0.3) is 11.3 Å². The summed E-state index contributed by atoms with van der Waals surface area (Å²) in [6, 6.07) is 3.11.